The first-order valence-corrected chi connectivity index (χ1v) is 7.06. The second kappa shape index (κ2) is 5.56. The summed E-state index contributed by atoms with van der Waals surface area (Å²) in [5.74, 6) is 0. The number of hydrogen-bond donors (Lipinski definition) is 1. The lowest BCUT2D eigenvalue weighted by atomic mass is 10.2. The summed E-state index contributed by atoms with van der Waals surface area (Å²) < 4.78 is 1.18. The van der Waals surface area contributed by atoms with Crippen molar-refractivity contribution < 1.29 is 0 Å². The van der Waals surface area contributed by atoms with Crippen LogP contribution in [0.3, 0.4) is 0 Å². The Balaban J connectivity index is 2.01. The van der Waals surface area contributed by atoms with E-state index in [1.807, 2.05) is 0 Å². The summed E-state index contributed by atoms with van der Waals surface area (Å²) in [6.45, 7) is 0.860. The van der Waals surface area contributed by atoms with Gasteiger partial charge in [-0.15, -0.1) is 11.3 Å². The molecular weight excluding hydrogens is 296 g/mol. The molecule has 0 saturated carbocycles. The SMILES string of the molecule is CN(C)c1cccc(NCc2csc(Br)c2)c1. The van der Waals surface area contributed by atoms with Crippen LogP contribution in [0.25, 0.3) is 0 Å². The summed E-state index contributed by atoms with van der Waals surface area (Å²) in [4.78, 5) is 2.10. The Kier molecular flexibility index (Phi) is 4.07. The van der Waals surface area contributed by atoms with Crippen LogP contribution in [0.2, 0.25) is 0 Å². The number of rotatable bonds is 4. The van der Waals surface area contributed by atoms with E-state index in [1.54, 1.807) is 11.3 Å². The number of hydrogen-bond acceptors (Lipinski definition) is 3. The molecule has 0 aliphatic rings. The minimum absolute atomic E-state index is 0.860. The van der Waals surface area contributed by atoms with Gasteiger partial charge in [0, 0.05) is 32.0 Å². The number of thiophene rings is 1. The van der Waals surface area contributed by atoms with E-state index in [-0.39, 0.29) is 0 Å². The fourth-order valence-corrected chi connectivity index (χ4v) is 2.75. The lowest BCUT2D eigenvalue weighted by Gasteiger charge is -2.14. The molecule has 0 radical (unpaired) electrons. The van der Waals surface area contributed by atoms with E-state index in [0.717, 1.165) is 12.2 Å². The average Bonchev–Trinajstić information content (AvgIpc) is 2.73. The van der Waals surface area contributed by atoms with E-state index in [0.29, 0.717) is 0 Å². The van der Waals surface area contributed by atoms with Gasteiger partial charge in [0.1, 0.15) is 0 Å². The van der Waals surface area contributed by atoms with Crippen molar-refractivity contribution in [1.29, 1.82) is 0 Å². The number of halogens is 1. The highest BCUT2D eigenvalue weighted by molar-refractivity contribution is 9.11. The maximum Gasteiger partial charge on any atom is 0.0701 e. The van der Waals surface area contributed by atoms with Gasteiger partial charge in [-0.2, -0.15) is 0 Å². The Bertz CT molecular complexity index is 494. The van der Waals surface area contributed by atoms with Gasteiger partial charge in [-0.25, -0.2) is 0 Å². The molecule has 0 spiro atoms. The molecule has 2 aromatic rings. The number of nitrogens with one attached hydrogen (secondary N) is 1. The fourth-order valence-electron chi connectivity index (χ4n) is 1.54. The Hall–Kier alpha value is -1.00. The van der Waals surface area contributed by atoms with E-state index in [4.69, 9.17) is 0 Å². The topological polar surface area (TPSA) is 15.3 Å². The predicted octanol–water partition coefficient (Wildman–Crippen LogP) is 4.19. The third kappa shape index (κ3) is 3.48. The first kappa shape index (κ1) is 12.5. The smallest absolute Gasteiger partial charge is 0.0701 e. The zero-order valence-electron chi connectivity index (χ0n) is 9.90. The van der Waals surface area contributed by atoms with Crippen molar-refractivity contribution in [3.63, 3.8) is 0 Å². The number of benzene rings is 1. The first-order valence-electron chi connectivity index (χ1n) is 5.39. The summed E-state index contributed by atoms with van der Waals surface area (Å²) in [6, 6.07) is 10.6. The molecule has 1 heterocycles. The molecule has 0 aliphatic heterocycles. The average molecular weight is 311 g/mol. The molecule has 0 bridgehead atoms. The third-order valence-electron chi connectivity index (χ3n) is 2.48. The van der Waals surface area contributed by atoms with Crippen LogP contribution in [-0.2, 0) is 6.54 Å². The summed E-state index contributed by atoms with van der Waals surface area (Å²) in [5, 5.41) is 5.59. The van der Waals surface area contributed by atoms with Crippen LogP contribution < -0.4 is 10.2 Å². The minimum Gasteiger partial charge on any atom is -0.381 e. The largest absolute Gasteiger partial charge is 0.381 e. The van der Waals surface area contributed by atoms with Gasteiger partial charge in [0.25, 0.3) is 0 Å². The van der Waals surface area contributed by atoms with E-state index >= 15 is 0 Å². The summed E-state index contributed by atoms with van der Waals surface area (Å²) in [6.07, 6.45) is 0. The zero-order chi connectivity index (χ0) is 12.3. The molecule has 0 saturated heterocycles. The lowest BCUT2D eigenvalue weighted by Crippen LogP contribution is -2.09. The number of anilines is 2. The van der Waals surface area contributed by atoms with Crippen molar-refractivity contribution in [1.82, 2.24) is 0 Å². The van der Waals surface area contributed by atoms with E-state index < -0.39 is 0 Å². The van der Waals surface area contributed by atoms with E-state index in [1.165, 1.54) is 15.0 Å². The third-order valence-corrected chi connectivity index (χ3v) is 4.03. The summed E-state index contributed by atoms with van der Waals surface area (Å²) in [5.41, 5.74) is 3.66. The molecule has 1 aromatic heterocycles. The normalized spacial score (nSPS) is 10.3. The van der Waals surface area contributed by atoms with Crippen molar-refractivity contribution in [3.8, 4) is 0 Å². The van der Waals surface area contributed by atoms with Crippen LogP contribution in [0, 0.1) is 0 Å². The van der Waals surface area contributed by atoms with Gasteiger partial charge in [0.15, 0.2) is 0 Å². The molecule has 0 fully saturated rings. The van der Waals surface area contributed by atoms with Gasteiger partial charge in [-0.1, -0.05) is 6.07 Å². The molecule has 0 aliphatic carbocycles. The second-order valence-electron chi connectivity index (χ2n) is 4.06. The van der Waals surface area contributed by atoms with Crippen molar-refractivity contribution in [2.75, 3.05) is 24.3 Å². The second-order valence-corrected chi connectivity index (χ2v) is 6.35. The molecular formula is C13H15BrN2S. The monoisotopic (exact) mass is 310 g/mol. The van der Waals surface area contributed by atoms with Crippen molar-refractivity contribution >= 4 is 38.6 Å². The van der Waals surface area contributed by atoms with Crippen molar-refractivity contribution in [3.05, 3.63) is 45.1 Å². The van der Waals surface area contributed by atoms with Gasteiger partial charge in [0.2, 0.25) is 0 Å². The first-order chi connectivity index (χ1) is 8.15. The molecule has 17 heavy (non-hydrogen) atoms. The highest BCUT2D eigenvalue weighted by Crippen LogP contribution is 2.22. The Morgan fingerprint density at radius 1 is 1.29 bits per heavy atom. The summed E-state index contributed by atoms with van der Waals surface area (Å²) in [7, 11) is 4.10. The molecule has 1 N–H and O–H groups in total. The van der Waals surface area contributed by atoms with Crippen LogP contribution >= 0.6 is 27.3 Å². The molecule has 0 unspecified atom stereocenters. The van der Waals surface area contributed by atoms with Crippen molar-refractivity contribution in [2.24, 2.45) is 0 Å². The Labute approximate surface area is 114 Å². The van der Waals surface area contributed by atoms with Crippen LogP contribution in [0.5, 0.6) is 0 Å². The fraction of sp³-hybridized carbons (Fsp3) is 0.231. The van der Waals surface area contributed by atoms with Gasteiger partial charge in [0.05, 0.1) is 3.79 Å². The van der Waals surface area contributed by atoms with Gasteiger partial charge < -0.3 is 10.2 Å². The van der Waals surface area contributed by atoms with E-state index in [2.05, 4.69) is 76.0 Å². The molecule has 2 nitrogen and oxygen atoms in total. The standard InChI is InChI=1S/C13H15BrN2S/c1-16(2)12-5-3-4-11(7-12)15-8-10-6-13(14)17-9-10/h3-7,9,15H,8H2,1-2H3. The summed E-state index contributed by atoms with van der Waals surface area (Å²) >= 11 is 5.19. The molecule has 4 heteroatoms. The van der Waals surface area contributed by atoms with Gasteiger partial charge >= 0.3 is 0 Å². The molecule has 2 rings (SSSR count). The molecule has 1 aromatic carbocycles. The van der Waals surface area contributed by atoms with Gasteiger partial charge in [-0.05, 0) is 51.1 Å². The van der Waals surface area contributed by atoms with Crippen molar-refractivity contribution in [2.45, 2.75) is 6.54 Å². The maximum atomic E-state index is 3.47. The van der Waals surface area contributed by atoms with Crippen LogP contribution in [0.1, 0.15) is 5.56 Å². The highest BCUT2D eigenvalue weighted by atomic mass is 79.9. The quantitative estimate of drug-likeness (QED) is 0.911. The maximum absolute atomic E-state index is 3.47. The highest BCUT2D eigenvalue weighted by Gasteiger charge is 1.99. The van der Waals surface area contributed by atoms with Crippen LogP contribution in [0.4, 0.5) is 11.4 Å². The molecule has 90 valence electrons. The Morgan fingerprint density at radius 3 is 2.76 bits per heavy atom. The van der Waals surface area contributed by atoms with E-state index in [9.17, 15) is 0 Å². The predicted molar refractivity (Wildman–Crippen MR) is 80.1 cm³/mol. The van der Waals surface area contributed by atoms with Gasteiger partial charge in [-0.3, -0.25) is 0 Å². The minimum atomic E-state index is 0.860. The molecule has 0 atom stereocenters. The zero-order valence-corrected chi connectivity index (χ0v) is 12.3. The number of nitrogens with zero attached hydrogens (tertiary/aromatic N) is 1. The Morgan fingerprint density at radius 2 is 2.12 bits per heavy atom. The van der Waals surface area contributed by atoms with Crippen LogP contribution in [-0.4, -0.2) is 14.1 Å². The lowest BCUT2D eigenvalue weighted by molar-refractivity contribution is 1.12. The van der Waals surface area contributed by atoms with Crippen LogP contribution in [0.15, 0.2) is 39.5 Å². The molecule has 0 amide bonds.